The zero-order valence-corrected chi connectivity index (χ0v) is 53.8. The zero-order chi connectivity index (χ0) is 59.3. The highest BCUT2D eigenvalue weighted by molar-refractivity contribution is 7.45. The van der Waals surface area contributed by atoms with Crippen molar-refractivity contribution in [1.29, 1.82) is 0 Å². The molecule has 0 aliphatic carbocycles. The molecule has 1 amide bonds. The summed E-state index contributed by atoms with van der Waals surface area (Å²) in [7, 11) is 1.15. The van der Waals surface area contributed by atoms with Gasteiger partial charge in [-0.2, -0.15) is 0 Å². The van der Waals surface area contributed by atoms with Crippen molar-refractivity contribution in [2.24, 2.45) is 0 Å². The average molecular weight is 1150 g/mol. The van der Waals surface area contributed by atoms with Crippen molar-refractivity contribution in [3.05, 3.63) is 122 Å². The van der Waals surface area contributed by atoms with Crippen molar-refractivity contribution >= 4 is 19.7 Å². The summed E-state index contributed by atoms with van der Waals surface area (Å²) < 4.78 is 30.3. The highest BCUT2D eigenvalue weighted by Gasteiger charge is 2.27. The van der Waals surface area contributed by atoms with E-state index in [0.717, 1.165) is 122 Å². The Morgan fingerprint density at radius 1 is 0.444 bits per heavy atom. The summed E-state index contributed by atoms with van der Waals surface area (Å²) in [4.78, 5) is 40.0. The molecule has 464 valence electrons. The molecule has 0 saturated heterocycles. The monoisotopic (exact) mass is 1150 g/mol. The largest absolute Gasteiger partial charge is 0.756 e. The minimum atomic E-state index is -4.72. The molecule has 0 spiro atoms. The molecule has 10 heteroatoms. The number of amides is 1. The number of esters is 1. The highest BCUT2D eigenvalue weighted by atomic mass is 31.2. The number of carbonyl (C=O) groups is 2. The number of phosphoric acid groups is 1. The van der Waals surface area contributed by atoms with Gasteiger partial charge in [0.25, 0.3) is 7.82 Å². The van der Waals surface area contributed by atoms with E-state index in [-0.39, 0.29) is 31.3 Å². The van der Waals surface area contributed by atoms with Crippen LogP contribution in [0.15, 0.2) is 122 Å². The van der Waals surface area contributed by atoms with Gasteiger partial charge < -0.3 is 28.5 Å². The summed E-state index contributed by atoms with van der Waals surface area (Å²) >= 11 is 0. The molecule has 0 rings (SSSR count). The Morgan fingerprint density at radius 2 is 0.790 bits per heavy atom. The van der Waals surface area contributed by atoms with Crippen molar-refractivity contribution in [2.45, 2.75) is 277 Å². The number of unbranched alkanes of at least 4 members (excludes halogenated alkanes) is 24. The zero-order valence-electron chi connectivity index (χ0n) is 52.9. The van der Waals surface area contributed by atoms with Gasteiger partial charge in [-0.3, -0.25) is 14.2 Å². The van der Waals surface area contributed by atoms with Crippen molar-refractivity contribution < 1.29 is 37.3 Å². The molecule has 0 aromatic carbocycles. The first-order chi connectivity index (χ1) is 39.4. The standard InChI is InChI=1S/C71H123N2O7P/c1-7-10-13-16-19-22-25-27-29-31-32-33-34-35-36-37-38-39-40-42-44-46-49-52-55-58-61-64-71(75)80-69(62-59-56-53-50-47-24-21-18-15-12-9-3)68(67-79-81(76,77)78-66-65-73(4,5)6)72-70(74)63-60-57-54-51-48-45-43-41-30-28-26-23-20-17-14-11-8-2/h10,13,19-20,22-23,27-30,32-33,35-36,38-39,43,45,59,62,68-69H,7-9,11-12,14-18,21,24-26,31,34,37,40-42,44,46-58,60-61,63-67H2,1-6H3,(H-,72,74,76,77)/b13-10-,22-19-,23-20-,29-27-,30-28-,33-32-,36-35-,39-38-,45-43-,62-59-. The molecule has 0 radical (unpaired) electrons. The minimum absolute atomic E-state index is 0.0343. The number of rotatable bonds is 58. The van der Waals surface area contributed by atoms with E-state index >= 15 is 0 Å². The third-order valence-electron chi connectivity index (χ3n) is 13.9. The van der Waals surface area contributed by atoms with Crippen LogP contribution in [-0.2, 0) is 27.9 Å². The number of allylic oxidation sites excluding steroid dienone is 19. The Hall–Kier alpha value is -3.59. The number of likely N-dealkylation sites (N-methyl/N-ethyl adjacent to an activating group) is 1. The van der Waals surface area contributed by atoms with E-state index in [1.807, 2.05) is 33.3 Å². The second-order valence-corrected chi connectivity index (χ2v) is 24.3. The number of hydrogen-bond donors (Lipinski definition) is 1. The molecule has 0 fully saturated rings. The molecular weight excluding hydrogens is 1020 g/mol. The van der Waals surface area contributed by atoms with Gasteiger partial charge in [-0.1, -0.05) is 252 Å². The first kappa shape index (κ1) is 77.4. The van der Waals surface area contributed by atoms with E-state index in [1.165, 1.54) is 96.3 Å². The fraction of sp³-hybridized carbons (Fsp3) is 0.690. The average Bonchev–Trinajstić information content (AvgIpc) is 3.44. The summed E-state index contributed by atoms with van der Waals surface area (Å²) in [6.45, 7) is 6.66. The van der Waals surface area contributed by atoms with Crippen LogP contribution in [0.2, 0.25) is 0 Å². The molecule has 0 aliphatic rings. The predicted octanol–water partition coefficient (Wildman–Crippen LogP) is 20.0. The van der Waals surface area contributed by atoms with E-state index in [2.05, 4.69) is 135 Å². The molecule has 0 aliphatic heterocycles. The maximum Gasteiger partial charge on any atom is 0.306 e. The summed E-state index contributed by atoms with van der Waals surface area (Å²) in [5.41, 5.74) is 0. The van der Waals surface area contributed by atoms with Crippen molar-refractivity contribution in [3.8, 4) is 0 Å². The quantitative estimate of drug-likeness (QED) is 0.0212. The summed E-state index contributed by atoms with van der Waals surface area (Å²) in [5.74, 6) is -0.582. The molecule has 1 N–H and O–H groups in total. The number of nitrogens with zero attached hydrogens (tertiary/aromatic N) is 1. The van der Waals surface area contributed by atoms with Crippen molar-refractivity contribution in [1.82, 2.24) is 5.32 Å². The normalized spacial score (nSPS) is 14.4. The van der Waals surface area contributed by atoms with Crippen LogP contribution < -0.4 is 10.2 Å². The SMILES string of the molecule is CC/C=C\C/C=C\C/C=C\C/C=C\C/C=C\C/C=C\CCCCCCCCCCC(=O)OC(/C=C\CCCCCCCCCCC)C(COP(=O)([O-])OCC[N+](C)(C)C)NC(=O)CCCCCC/C=C\C/C=C\C/C=C\CCCCC. The first-order valence-corrected chi connectivity index (χ1v) is 34.3. The Kier molecular flexibility index (Phi) is 56.9. The third-order valence-corrected chi connectivity index (χ3v) is 14.8. The fourth-order valence-corrected chi connectivity index (χ4v) is 9.55. The smallest absolute Gasteiger partial charge is 0.306 e. The van der Waals surface area contributed by atoms with Gasteiger partial charge in [0, 0.05) is 12.8 Å². The summed E-state index contributed by atoms with van der Waals surface area (Å²) in [6.07, 6.45) is 83.1. The molecule has 0 aromatic rings. The maximum absolute atomic E-state index is 13.5. The van der Waals surface area contributed by atoms with E-state index in [0.29, 0.717) is 23.9 Å². The number of hydrogen-bond acceptors (Lipinski definition) is 7. The number of carbonyl (C=O) groups excluding carboxylic acids is 2. The molecule has 0 aromatic heterocycles. The lowest BCUT2D eigenvalue weighted by Gasteiger charge is -2.30. The number of phosphoric ester groups is 1. The molecular formula is C71H123N2O7P. The lowest BCUT2D eigenvalue weighted by atomic mass is 10.1. The third kappa shape index (κ3) is 60.8. The molecule has 3 atom stereocenters. The number of quaternary nitrogens is 1. The second-order valence-electron chi connectivity index (χ2n) is 22.9. The molecule has 0 bridgehead atoms. The van der Waals surface area contributed by atoms with Crippen LogP contribution in [0.5, 0.6) is 0 Å². The molecule has 9 nitrogen and oxygen atoms in total. The Balaban J connectivity index is 5.15. The second kappa shape index (κ2) is 59.6. The van der Waals surface area contributed by atoms with Crippen LogP contribution in [0.25, 0.3) is 0 Å². The van der Waals surface area contributed by atoms with Crippen molar-refractivity contribution in [2.75, 3.05) is 40.9 Å². The van der Waals surface area contributed by atoms with Crippen LogP contribution in [0.4, 0.5) is 0 Å². The van der Waals surface area contributed by atoms with Gasteiger partial charge in [-0.25, -0.2) is 0 Å². The molecule has 3 unspecified atom stereocenters. The van der Waals surface area contributed by atoms with Crippen LogP contribution in [0, 0.1) is 0 Å². The van der Waals surface area contributed by atoms with Crippen LogP contribution in [0.1, 0.15) is 265 Å². The summed E-state index contributed by atoms with van der Waals surface area (Å²) in [6, 6.07) is -0.912. The van der Waals surface area contributed by atoms with Crippen LogP contribution in [0.3, 0.4) is 0 Å². The lowest BCUT2D eigenvalue weighted by Crippen LogP contribution is -2.47. The van der Waals surface area contributed by atoms with Crippen LogP contribution in [-0.4, -0.2) is 69.4 Å². The van der Waals surface area contributed by atoms with Gasteiger partial charge in [-0.15, -0.1) is 0 Å². The Labute approximate surface area is 499 Å². The minimum Gasteiger partial charge on any atom is -0.756 e. The molecule has 0 saturated carbocycles. The van der Waals surface area contributed by atoms with Crippen LogP contribution >= 0.6 is 7.82 Å². The first-order valence-electron chi connectivity index (χ1n) is 32.8. The number of ether oxygens (including phenoxy) is 1. The van der Waals surface area contributed by atoms with Gasteiger partial charge in [-0.05, 0) is 122 Å². The van der Waals surface area contributed by atoms with E-state index in [1.54, 1.807) is 0 Å². The van der Waals surface area contributed by atoms with Gasteiger partial charge in [0.05, 0.1) is 33.8 Å². The van der Waals surface area contributed by atoms with E-state index < -0.39 is 26.6 Å². The van der Waals surface area contributed by atoms with E-state index in [9.17, 15) is 19.0 Å². The number of nitrogens with one attached hydrogen (secondary N) is 1. The van der Waals surface area contributed by atoms with Gasteiger partial charge >= 0.3 is 5.97 Å². The summed E-state index contributed by atoms with van der Waals surface area (Å²) in [5, 5.41) is 3.01. The fourth-order valence-electron chi connectivity index (χ4n) is 8.83. The van der Waals surface area contributed by atoms with E-state index in [4.69, 9.17) is 13.8 Å². The Morgan fingerprint density at radius 3 is 1.21 bits per heavy atom. The molecule has 81 heavy (non-hydrogen) atoms. The predicted molar refractivity (Wildman–Crippen MR) is 348 cm³/mol. The highest BCUT2D eigenvalue weighted by Crippen LogP contribution is 2.38. The topological polar surface area (TPSA) is 114 Å². The lowest BCUT2D eigenvalue weighted by molar-refractivity contribution is -0.870. The van der Waals surface area contributed by atoms with Gasteiger partial charge in [0.1, 0.15) is 19.3 Å². The maximum atomic E-state index is 13.5. The Bertz CT molecular complexity index is 1800. The van der Waals surface area contributed by atoms with Gasteiger partial charge in [0.15, 0.2) is 0 Å². The van der Waals surface area contributed by atoms with Crippen molar-refractivity contribution in [3.63, 3.8) is 0 Å². The van der Waals surface area contributed by atoms with Gasteiger partial charge in [0.2, 0.25) is 5.91 Å². The molecule has 0 heterocycles.